The first-order valence-corrected chi connectivity index (χ1v) is 7.69. The van der Waals surface area contributed by atoms with E-state index in [0.717, 1.165) is 30.0 Å². The lowest BCUT2D eigenvalue weighted by Crippen LogP contribution is -2.42. The maximum atomic E-state index is 5.96. The Morgan fingerprint density at radius 1 is 1.29 bits per heavy atom. The van der Waals surface area contributed by atoms with Gasteiger partial charge in [-0.1, -0.05) is 18.2 Å². The lowest BCUT2D eigenvalue weighted by molar-refractivity contribution is 0.252. The second-order valence-corrected chi connectivity index (χ2v) is 6.01. The third-order valence-corrected chi connectivity index (χ3v) is 4.57. The van der Waals surface area contributed by atoms with Crippen LogP contribution in [0.25, 0.3) is 10.9 Å². The summed E-state index contributed by atoms with van der Waals surface area (Å²) in [6.07, 6.45) is 2.37. The molecule has 0 unspecified atom stereocenters. The van der Waals surface area contributed by atoms with Crippen LogP contribution in [0.5, 0.6) is 0 Å². The zero-order valence-corrected chi connectivity index (χ0v) is 12.9. The maximum absolute atomic E-state index is 5.96. The van der Waals surface area contributed by atoms with E-state index in [2.05, 4.69) is 42.1 Å². The molecule has 1 saturated heterocycles. The van der Waals surface area contributed by atoms with Gasteiger partial charge in [0.25, 0.3) is 0 Å². The molecule has 4 nitrogen and oxygen atoms in total. The van der Waals surface area contributed by atoms with Gasteiger partial charge in [-0.2, -0.15) is 0 Å². The first kappa shape index (κ1) is 14.3. The highest BCUT2D eigenvalue weighted by Gasteiger charge is 2.23. The van der Waals surface area contributed by atoms with E-state index in [0.29, 0.717) is 12.6 Å². The number of hydrogen-bond acceptors (Lipinski definition) is 4. The maximum Gasteiger partial charge on any atom is 0.133 e. The molecule has 0 aliphatic carbocycles. The molecule has 1 aromatic carbocycles. The van der Waals surface area contributed by atoms with Gasteiger partial charge in [-0.05, 0) is 45.1 Å². The Morgan fingerprint density at radius 2 is 2.00 bits per heavy atom. The Bertz CT molecular complexity index is 617. The molecular weight excluding hydrogens is 260 g/mol. The zero-order valence-electron chi connectivity index (χ0n) is 12.9. The number of rotatable bonds is 3. The number of likely N-dealkylation sites (tertiary alicyclic amines) is 1. The van der Waals surface area contributed by atoms with Crippen LogP contribution < -0.4 is 10.6 Å². The summed E-state index contributed by atoms with van der Waals surface area (Å²) in [6, 6.07) is 11.0. The zero-order chi connectivity index (χ0) is 14.8. The molecule has 4 heteroatoms. The second-order valence-electron chi connectivity index (χ2n) is 6.01. The average Bonchev–Trinajstić information content (AvgIpc) is 2.53. The van der Waals surface area contributed by atoms with E-state index in [4.69, 9.17) is 10.7 Å². The summed E-state index contributed by atoms with van der Waals surface area (Å²) in [5, 5.41) is 1.17. The first-order valence-electron chi connectivity index (χ1n) is 7.69. The predicted octanol–water partition coefficient (Wildman–Crippen LogP) is 2.22. The van der Waals surface area contributed by atoms with Crippen molar-refractivity contribution in [2.75, 3.05) is 32.1 Å². The third-order valence-electron chi connectivity index (χ3n) is 4.57. The van der Waals surface area contributed by atoms with Crippen LogP contribution in [-0.4, -0.2) is 43.1 Å². The van der Waals surface area contributed by atoms with Gasteiger partial charge in [-0.3, -0.25) is 0 Å². The van der Waals surface area contributed by atoms with E-state index < -0.39 is 0 Å². The van der Waals surface area contributed by atoms with Crippen LogP contribution in [-0.2, 0) is 6.54 Å². The largest absolute Gasteiger partial charge is 0.356 e. The van der Waals surface area contributed by atoms with Crippen LogP contribution >= 0.6 is 0 Å². The van der Waals surface area contributed by atoms with Crippen molar-refractivity contribution in [2.24, 2.45) is 5.73 Å². The van der Waals surface area contributed by atoms with Crippen LogP contribution in [0, 0.1) is 0 Å². The van der Waals surface area contributed by atoms with Crippen molar-refractivity contribution in [1.29, 1.82) is 0 Å². The summed E-state index contributed by atoms with van der Waals surface area (Å²) in [5.74, 6) is 1.05. The quantitative estimate of drug-likeness (QED) is 0.939. The fourth-order valence-corrected chi connectivity index (χ4v) is 3.16. The van der Waals surface area contributed by atoms with E-state index in [1.54, 1.807) is 0 Å². The Labute approximate surface area is 126 Å². The van der Waals surface area contributed by atoms with Crippen LogP contribution in [0.1, 0.15) is 18.4 Å². The van der Waals surface area contributed by atoms with Crippen LogP contribution in [0.3, 0.4) is 0 Å². The van der Waals surface area contributed by atoms with E-state index in [-0.39, 0.29) is 0 Å². The highest BCUT2D eigenvalue weighted by molar-refractivity contribution is 5.81. The standard InChI is InChI=1S/C17H24N4/c1-20-9-7-15(8-10-20)21(2)17-14(12-18)11-13-5-3-4-6-16(13)19-17/h3-6,11,15H,7-10,12,18H2,1-2H3. The minimum Gasteiger partial charge on any atom is -0.356 e. The van der Waals surface area contributed by atoms with Gasteiger partial charge in [0.15, 0.2) is 0 Å². The van der Waals surface area contributed by atoms with Crippen LogP contribution in [0.2, 0.25) is 0 Å². The van der Waals surface area contributed by atoms with Gasteiger partial charge < -0.3 is 15.5 Å². The van der Waals surface area contributed by atoms with Crippen molar-refractivity contribution in [3.05, 3.63) is 35.9 Å². The summed E-state index contributed by atoms with van der Waals surface area (Å²) in [4.78, 5) is 9.60. The molecule has 21 heavy (non-hydrogen) atoms. The molecule has 0 bridgehead atoms. The number of fused-ring (bicyclic) bond motifs is 1. The number of para-hydroxylation sites is 1. The molecule has 3 rings (SSSR count). The molecule has 1 aliphatic heterocycles. The molecule has 1 fully saturated rings. The number of hydrogen-bond donors (Lipinski definition) is 1. The number of anilines is 1. The van der Waals surface area contributed by atoms with Crippen molar-refractivity contribution in [1.82, 2.24) is 9.88 Å². The molecule has 0 amide bonds. The SMILES string of the molecule is CN1CCC(N(C)c2nc3ccccc3cc2CN)CC1. The fourth-order valence-electron chi connectivity index (χ4n) is 3.16. The lowest BCUT2D eigenvalue weighted by atomic mass is 10.0. The Hall–Kier alpha value is -1.65. The Kier molecular flexibility index (Phi) is 4.08. The summed E-state index contributed by atoms with van der Waals surface area (Å²) in [7, 11) is 4.35. The molecule has 2 aromatic rings. The molecule has 112 valence electrons. The molecule has 1 aliphatic rings. The molecule has 0 saturated carbocycles. The van der Waals surface area contributed by atoms with Crippen LogP contribution in [0.4, 0.5) is 5.82 Å². The summed E-state index contributed by atoms with van der Waals surface area (Å²) >= 11 is 0. The molecular formula is C17H24N4. The van der Waals surface area contributed by atoms with Crippen molar-refractivity contribution in [3.8, 4) is 0 Å². The number of piperidine rings is 1. The number of benzene rings is 1. The van der Waals surface area contributed by atoms with Crippen LogP contribution in [0.15, 0.2) is 30.3 Å². The Morgan fingerprint density at radius 3 is 2.71 bits per heavy atom. The smallest absolute Gasteiger partial charge is 0.133 e. The summed E-state index contributed by atoms with van der Waals surface area (Å²) in [6.45, 7) is 2.84. The molecule has 0 atom stereocenters. The van der Waals surface area contributed by atoms with Gasteiger partial charge in [0.05, 0.1) is 5.52 Å². The van der Waals surface area contributed by atoms with Crippen molar-refractivity contribution in [2.45, 2.75) is 25.4 Å². The highest BCUT2D eigenvalue weighted by Crippen LogP contribution is 2.26. The topological polar surface area (TPSA) is 45.4 Å². The van der Waals surface area contributed by atoms with Gasteiger partial charge in [0, 0.05) is 30.6 Å². The van der Waals surface area contributed by atoms with Gasteiger partial charge in [-0.15, -0.1) is 0 Å². The van der Waals surface area contributed by atoms with E-state index >= 15 is 0 Å². The minimum absolute atomic E-state index is 0.532. The number of pyridine rings is 1. The van der Waals surface area contributed by atoms with E-state index in [1.807, 2.05) is 12.1 Å². The lowest BCUT2D eigenvalue weighted by Gasteiger charge is -2.36. The third kappa shape index (κ3) is 2.87. The minimum atomic E-state index is 0.532. The summed E-state index contributed by atoms with van der Waals surface area (Å²) < 4.78 is 0. The van der Waals surface area contributed by atoms with E-state index in [1.165, 1.54) is 18.2 Å². The average molecular weight is 284 g/mol. The first-order chi connectivity index (χ1) is 10.2. The van der Waals surface area contributed by atoms with Gasteiger partial charge >= 0.3 is 0 Å². The highest BCUT2D eigenvalue weighted by atomic mass is 15.2. The number of nitrogens with zero attached hydrogens (tertiary/aromatic N) is 3. The van der Waals surface area contributed by atoms with E-state index in [9.17, 15) is 0 Å². The predicted molar refractivity (Wildman–Crippen MR) is 88.6 cm³/mol. The monoisotopic (exact) mass is 284 g/mol. The van der Waals surface area contributed by atoms with Gasteiger partial charge in [-0.25, -0.2) is 4.98 Å². The molecule has 1 aromatic heterocycles. The summed E-state index contributed by atoms with van der Waals surface area (Å²) in [5.41, 5.74) is 8.14. The van der Waals surface area contributed by atoms with Gasteiger partial charge in [0.2, 0.25) is 0 Å². The normalized spacial score (nSPS) is 17.3. The Balaban J connectivity index is 1.94. The number of nitrogens with two attached hydrogens (primary N) is 1. The molecule has 0 spiro atoms. The molecule has 2 N–H and O–H groups in total. The van der Waals surface area contributed by atoms with Gasteiger partial charge in [0.1, 0.15) is 5.82 Å². The van der Waals surface area contributed by atoms with Crippen molar-refractivity contribution >= 4 is 16.7 Å². The van der Waals surface area contributed by atoms with Crippen molar-refractivity contribution in [3.63, 3.8) is 0 Å². The molecule has 0 radical (unpaired) electrons. The van der Waals surface area contributed by atoms with Crippen molar-refractivity contribution < 1.29 is 0 Å². The number of aromatic nitrogens is 1. The molecule has 2 heterocycles. The second kappa shape index (κ2) is 6.00. The fraction of sp³-hybridized carbons (Fsp3) is 0.471.